The number of aliphatic hydroxyl groups is 2. The van der Waals surface area contributed by atoms with Crippen molar-refractivity contribution in [2.45, 2.75) is 360 Å². The molecule has 0 bridgehead atoms. The van der Waals surface area contributed by atoms with Crippen LogP contribution >= 0.6 is 0 Å². The van der Waals surface area contributed by atoms with Crippen molar-refractivity contribution in [2.75, 3.05) is 13.2 Å². The van der Waals surface area contributed by atoms with Crippen LogP contribution in [0.3, 0.4) is 0 Å². The third-order valence-electron chi connectivity index (χ3n) is 14.8. The van der Waals surface area contributed by atoms with Crippen molar-refractivity contribution < 1.29 is 24.5 Å². The first-order chi connectivity index (χ1) is 34.5. The van der Waals surface area contributed by atoms with Gasteiger partial charge in [0.25, 0.3) is 0 Å². The largest absolute Gasteiger partial charge is 0.466 e. The molecular formula is C64H123NO5. The van der Waals surface area contributed by atoms with Crippen LogP contribution in [0.1, 0.15) is 348 Å². The fraction of sp³-hybridized carbons (Fsp3) is 0.906. The number of allylic oxidation sites excluding steroid dienone is 4. The highest BCUT2D eigenvalue weighted by molar-refractivity contribution is 5.76. The second-order valence-electron chi connectivity index (χ2n) is 21.7. The summed E-state index contributed by atoms with van der Waals surface area (Å²) in [6.45, 7) is 4.95. The first kappa shape index (κ1) is 68.3. The molecule has 0 aromatic rings. The van der Waals surface area contributed by atoms with E-state index in [-0.39, 0.29) is 18.5 Å². The van der Waals surface area contributed by atoms with Crippen LogP contribution in [0.15, 0.2) is 24.3 Å². The molecule has 3 N–H and O–H groups in total. The third kappa shape index (κ3) is 55.7. The van der Waals surface area contributed by atoms with Gasteiger partial charge in [0, 0.05) is 12.8 Å². The Labute approximate surface area is 437 Å². The van der Waals surface area contributed by atoms with E-state index < -0.39 is 12.1 Å². The van der Waals surface area contributed by atoms with Gasteiger partial charge in [-0.15, -0.1) is 0 Å². The molecule has 70 heavy (non-hydrogen) atoms. The molecule has 0 rings (SSSR count). The topological polar surface area (TPSA) is 95.9 Å². The Morgan fingerprint density at radius 3 is 1.09 bits per heavy atom. The number of carbonyl (C=O) groups excluding carboxylic acids is 2. The monoisotopic (exact) mass is 986 g/mol. The molecule has 6 nitrogen and oxygen atoms in total. The molecule has 0 saturated carbocycles. The van der Waals surface area contributed by atoms with E-state index in [1.165, 1.54) is 270 Å². The minimum atomic E-state index is -0.662. The highest BCUT2D eigenvalue weighted by atomic mass is 16.5. The Kier molecular flexibility index (Phi) is 58.5. The van der Waals surface area contributed by atoms with Crippen LogP contribution in [0.4, 0.5) is 0 Å². The van der Waals surface area contributed by atoms with E-state index in [1.54, 1.807) is 0 Å². The maximum absolute atomic E-state index is 12.4. The van der Waals surface area contributed by atoms with Crippen molar-refractivity contribution in [3.63, 3.8) is 0 Å². The normalized spacial score (nSPS) is 12.7. The van der Waals surface area contributed by atoms with Gasteiger partial charge in [-0.1, -0.05) is 301 Å². The van der Waals surface area contributed by atoms with Crippen molar-refractivity contribution in [1.82, 2.24) is 5.32 Å². The number of hydrogen-bond donors (Lipinski definition) is 3. The Bertz CT molecular complexity index is 1090. The van der Waals surface area contributed by atoms with Crippen LogP contribution in [-0.4, -0.2) is 47.4 Å². The zero-order chi connectivity index (χ0) is 50.7. The van der Waals surface area contributed by atoms with E-state index in [0.29, 0.717) is 25.9 Å². The summed E-state index contributed by atoms with van der Waals surface area (Å²) in [5, 5.41) is 23.1. The molecule has 0 aliphatic carbocycles. The highest BCUT2D eigenvalue weighted by Crippen LogP contribution is 2.18. The van der Waals surface area contributed by atoms with Crippen molar-refractivity contribution in [3.8, 4) is 0 Å². The van der Waals surface area contributed by atoms with Gasteiger partial charge in [-0.25, -0.2) is 0 Å². The van der Waals surface area contributed by atoms with Gasteiger partial charge < -0.3 is 20.3 Å². The number of ether oxygens (including phenoxy) is 1. The minimum absolute atomic E-state index is 0.0151. The predicted molar refractivity (Wildman–Crippen MR) is 306 cm³/mol. The minimum Gasteiger partial charge on any atom is -0.466 e. The summed E-state index contributed by atoms with van der Waals surface area (Å²) in [4.78, 5) is 24.5. The summed E-state index contributed by atoms with van der Waals surface area (Å²) in [5.74, 6) is -0.0223. The second kappa shape index (κ2) is 59.9. The SMILES string of the molecule is CCCCCCCCCCCCCCCCCC(=O)OCCCCCCCCCCC/C=C\C/C=C\CCCCCCCCCCCCCCCC(=O)NC(CO)C(O)CCCCCCCCCCC. The van der Waals surface area contributed by atoms with E-state index in [4.69, 9.17) is 4.74 Å². The van der Waals surface area contributed by atoms with Crippen LogP contribution in [0, 0.1) is 0 Å². The van der Waals surface area contributed by atoms with Crippen molar-refractivity contribution in [1.29, 1.82) is 0 Å². The summed E-state index contributed by atoms with van der Waals surface area (Å²) in [5.41, 5.74) is 0. The van der Waals surface area contributed by atoms with Gasteiger partial charge in [0.05, 0.1) is 25.4 Å². The molecule has 0 heterocycles. The van der Waals surface area contributed by atoms with Gasteiger partial charge in [0.2, 0.25) is 5.91 Å². The van der Waals surface area contributed by atoms with Gasteiger partial charge in [-0.3, -0.25) is 9.59 Å². The number of carbonyl (C=O) groups is 2. The van der Waals surface area contributed by atoms with E-state index in [2.05, 4.69) is 43.5 Å². The zero-order valence-electron chi connectivity index (χ0n) is 47.3. The zero-order valence-corrected chi connectivity index (χ0v) is 47.3. The molecular weight excluding hydrogens is 863 g/mol. The lowest BCUT2D eigenvalue weighted by atomic mass is 10.0. The number of esters is 1. The number of unbranched alkanes of at least 4 members (excludes halogenated alkanes) is 44. The summed E-state index contributed by atoms with van der Waals surface area (Å²) in [6, 6.07) is -0.540. The molecule has 2 atom stereocenters. The maximum Gasteiger partial charge on any atom is 0.305 e. The second-order valence-corrected chi connectivity index (χ2v) is 21.7. The average molecular weight is 987 g/mol. The van der Waals surface area contributed by atoms with Crippen molar-refractivity contribution >= 4 is 11.9 Å². The van der Waals surface area contributed by atoms with E-state index in [1.807, 2.05) is 0 Å². The van der Waals surface area contributed by atoms with Gasteiger partial charge >= 0.3 is 5.97 Å². The molecule has 414 valence electrons. The van der Waals surface area contributed by atoms with E-state index >= 15 is 0 Å². The summed E-state index contributed by atoms with van der Waals surface area (Å²) >= 11 is 0. The number of amides is 1. The highest BCUT2D eigenvalue weighted by Gasteiger charge is 2.20. The molecule has 0 aliphatic heterocycles. The Hall–Kier alpha value is -1.66. The van der Waals surface area contributed by atoms with Gasteiger partial charge in [-0.2, -0.15) is 0 Å². The summed E-state index contributed by atoms with van der Waals surface area (Å²) in [6.07, 6.45) is 73.5. The molecule has 6 heteroatoms. The Balaban J connectivity index is 3.36. The lowest BCUT2D eigenvalue weighted by Gasteiger charge is -2.22. The Morgan fingerprint density at radius 1 is 0.400 bits per heavy atom. The number of nitrogens with one attached hydrogen (secondary N) is 1. The first-order valence-electron chi connectivity index (χ1n) is 31.6. The number of hydrogen-bond acceptors (Lipinski definition) is 5. The van der Waals surface area contributed by atoms with Crippen LogP contribution in [0.2, 0.25) is 0 Å². The van der Waals surface area contributed by atoms with E-state index in [0.717, 1.165) is 44.9 Å². The summed E-state index contributed by atoms with van der Waals surface area (Å²) < 4.78 is 5.49. The smallest absolute Gasteiger partial charge is 0.305 e. The van der Waals surface area contributed by atoms with Gasteiger partial charge in [-0.05, 0) is 57.8 Å². The first-order valence-corrected chi connectivity index (χ1v) is 31.6. The average Bonchev–Trinajstić information content (AvgIpc) is 3.36. The Morgan fingerprint density at radius 2 is 0.714 bits per heavy atom. The predicted octanol–water partition coefficient (Wildman–Crippen LogP) is 19.8. The molecule has 0 aromatic heterocycles. The van der Waals surface area contributed by atoms with Crippen LogP contribution in [0.5, 0.6) is 0 Å². The fourth-order valence-corrected chi connectivity index (χ4v) is 9.91. The summed E-state index contributed by atoms with van der Waals surface area (Å²) in [7, 11) is 0. The van der Waals surface area contributed by atoms with Crippen molar-refractivity contribution in [2.24, 2.45) is 0 Å². The van der Waals surface area contributed by atoms with Crippen LogP contribution < -0.4 is 5.32 Å². The fourth-order valence-electron chi connectivity index (χ4n) is 9.91. The lowest BCUT2D eigenvalue weighted by Crippen LogP contribution is -2.45. The van der Waals surface area contributed by atoms with Gasteiger partial charge in [0.15, 0.2) is 0 Å². The molecule has 0 radical (unpaired) electrons. The molecule has 1 amide bonds. The number of aliphatic hydroxyl groups excluding tert-OH is 2. The molecule has 0 aliphatic rings. The van der Waals surface area contributed by atoms with Gasteiger partial charge in [0.1, 0.15) is 0 Å². The standard InChI is InChI=1S/C64H123NO5/c1-3-5-7-9-11-13-14-15-31-35-38-42-46-50-54-58-64(69)70-59-55-51-47-43-39-36-33-30-28-26-24-22-20-18-16-17-19-21-23-25-27-29-32-34-37-41-45-49-53-57-63(68)65-61(60-66)62(67)56-52-48-44-40-12-10-8-6-4-2/h16,18,22,24,61-62,66-67H,3-15,17,19-21,23,25-60H2,1-2H3,(H,65,68)/b18-16-,24-22-. The molecule has 0 spiro atoms. The molecule has 0 fully saturated rings. The maximum atomic E-state index is 12.4. The van der Waals surface area contributed by atoms with E-state index in [9.17, 15) is 19.8 Å². The van der Waals surface area contributed by atoms with Crippen molar-refractivity contribution in [3.05, 3.63) is 24.3 Å². The quantitative estimate of drug-likeness (QED) is 0.0321. The third-order valence-corrected chi connectivity index (χ3v) is 14.8. The van der Waals surface area contributed by atoms with Crippen LogP contribution in [-0.2, 0) is 14.3 Å². The molecule has 0 aromatic carbocycles. The van der Waals surface area contributed by atoms with Crippen LogP contribution in [0.25, 0.3) is 0 Å². The molecule has 2 unspecified atom stereocenters. The number of rotatable bonds is 59. The lowest BCUT2D eigenvalue weighted by molar-refractivity contribution is -0.143. The molecule has 0 saturated heterocycles.